The van der Waals surface area contributed by atoms with E-state index in [1.807, 2.05) is 48.7 Å². The van der Waals surface area contributed by atoms with Crippen LogP contribution in [0.1, 0.15) is 6.42 Å². The average molecular weight is 384 g/mol. The van der Waals surface area contributed by atoms with Gasteiger partial charge in [-0.3, -0.25) is 9.69 Å². The summed E-state index contributed by atoms with van der Waals surface area (Å²) in [5.41, 5.74) is 0. The first-order valence-corrected chi connectivity index (χ1v) is 9.66. The van der Waals surface area contributed by atoms with Gasteiger partial charge in [0.15, 0.2) is 0 Å². The Balaban J connectivity index is 1.26. The summed E-state index contributed by atoms with van der Waals surface area (Å²) in [5.74, 6) is 2.64. The molecule has 1 aromatic heterocycles. The van der Waals surface area contributed by atoms with Gasteiger partial charge in [-0.1, -0.05) is 6.07 Å². The largest absolute Gasteiger partial charge is 0.497 e. The number of rotatable bonds is 9. The number of amides is 1. The molecule has 0 unspecified atom stereocenters. The van der Waals surface area contributed by atoms with Gasteiger partial charge in [0, 0.05) is 45.3 Å². The molecule has 1 aliphatic rings. The number of pyridine rings is 1. The lowest BCUT2D eigenvalue weighted by Crippen LogP contribution is -2.47. The summed E-state index contributed by atoms with van der Waals surface area (Å²) in [4.78, 5) is 21.0. The van der Waals surface area contributed by atoms with Crippen molar-refractivity contribution in [3.63, 3.8) is 0 Å². The Morgan fingerprint density at radius 3 is 2.50 bits per heavy atom. The summed E-state index contributed by atoms with van der Waals surface area (Å²) < 4.78 is 10.7. The van der Waals surface area contributed by atoms with Crippen LogP contribution >= 0.6 is 0 Å². The Bertz CT molecular complexity index is 716. The van der Waals surface area contributed by atoms with E-state index >= 15 is 0 Å². The molecule has 1 aliphatic heterocycles. The van der Waals surface area contributed by atoms with Crippen LogP contribution in [-0.4, -0.2) is 68.8 Å². The highest BCUT2D eigenvalue weighted by atomic mass is 16.5. The van der Waals surface area contributed by atoms with Gasteiger partial charge >= 0.3 is 0 Å². The number of nitrogens with zero attached hydrogens (tertiary/aromatic N) is 3. The number of anilines is 1. The van der Waals surface area contributed by atoms with Crippen molar-refractivity contribution in [3.8, 4) is 11.5 Å². The number of aromatic nitrogens is 1. The third-order valence-corrected chi connectivity index (χ3v) is 4.75. The molecule has 0 saturated carbocycles. The fourth-order valence-corrected chi connectivity index (χ4v) is 3.12. The van der Waals surface area contributed by atoms with Crippen molar-refractivity contribution in [2.45, 2.75) is 6.42 Å². The molecule has 2 heterocycles. The van der Waals surface area contributed by atoms with Crippen LogP contribution in [0.15, 0.2) is 48.7 Å². The first-order valence-electron chi connectivity index (χ1n) is 9.66. The summed E-state index contributed by atoms with van der Waals surface area (Å²) in [5, 5.41) is 2.91. The highest BCUT2D eigenvalue weighted by molar-refractivity contribution is 5.76. The van der Waals surface area contributed by atoms with Crippen molar-refractivity contribution in [3.05, 3.63) is 48.7 Å². The van der Waals surface area contributed by atoms with Crippen molar-refractivity contribution < 1.29 is 14.3 Å². The van der Waals surface area contributed by atoms with Gasteiger partial charge in [0.25, 0.3) is 0 Å². The third kappa shape index (κ3) is 6.13. The summed E-state index contributed by atoms with van der Waals surface area (Å²) in [6.45, 7) is 5.50. The Morgan fingerprint density at radius 2 is 1.82 bits per heavy atom. The summed E-state index contributed by atoms with van der Waals surface area (Å²) in [6, 6.07) is 13.4. The number of methoxy groups -OCH3 is 1. The summed E-state index contributed by atoms with van der Waals surface area (Å²) in [6.07, 6.45) is 2.33. The van der Waals surface area contributed by atoms with Crippen LogP contribution in [0.2, 0.25) is 0 Å². The number of hydrogen-bond donors (Lipinski definition) is 1. The number of carbonyl (C=O) groups excluding carboxylic acids is 1. The van der Waals surface area contributed by atoms with E-state index in [4.69, 9.17) is 9.47 Å². The number of carbonyl (C=O) groups is 1. The number of hydrogen-bond acceptors (Lipinski definition) is 6. The molecule has 1 fully saturated rings. The Morgan fingerprint density at radius 1 is 1.07 bits per heavy atom. The number of benzene rings is 1. The Labute approximate surface area is 166 Å². The highest BCUT2D eigenvalue weighted by Gasteiger charge is 2.18. The second kappa shape index (κ2) is 10.5. The predicted octanol–water partition coefficient (Wildman–Crippen LogP) is 1.80. The van der Waals surface area contributed by atoms with Crippen molar-refractivity contribution in [2.75, 3.05) is 57.9 Å². The molecule has 0 atom stereocenters. The van der Waals surface area contributed by atoms with E-state index < -0.39 is 0 Å². The monoisotopic (exact) mass is 384 g/mol. The van der Waals surface area contributed by atoms with Crippen molar-refractivity contribution >= 4 is 11.7 Å². The highest BCUT2D eigenvalue weighted by Crippen LogP contribution is 2.16. The lowest BCUT2D eigenvalue weighted by molar-refractivity contribution is -0.121. The first kappa shape index (κ1) is 19.9. The van der Waals surface area contributed by atoms with Crippen LogP contribution in [0.25, 0.3) is 0 Å². The van der Waals surface area contributed by atoms with Crippen LogP contribution in [-0.2, 0) is 4.79 Å². The van der Waals surface area contributed by atoms with Crippen LogP contribution < -0.4 is 19.7 Å². The Kier molecular flexibility index (Phi) is 7.49. The molecule has 1 amide bonds. The maximum atomic E-state index is 12.0. The third-order valence-electron chi connectivity index (χ3n) is 4.75. The zero-order chi connectivity index (χ0) is 19.6. The molecule has 1 N–H and O–H groups in total. The molecule has 7 heteroatoms. The van der Waals surface area contributed by atoms with Gasteiger partial charge in [-0.25, -0.2) is 4.98 Å². The molecule has 0 aliphatic carbocycles. The van der Waals surface area contributed by atoms with E-state index in [2.05, 4.69) is 20.1 Å². The molecule has 3 rings (SSSR count). The zero-order valence-electron chi connectivity index (χ0n) is 16.3. The van der Waals surface area contributed by atoms with Crippen LogP contribution in [0.5, 0.6) is 11.5 Å². The Hall–Kier alpha value is -2.80. The molecule has 150 valence electrons. The summed E-state index contributed by atoms with van der Waals surface area (Å²) in [7, 11) is 1.63. The minimum Gasteiger partial charge on any atom is -0.497 e. The zero-order valence-corrected chi connectivity index (χ0v) is 16.3. The standard InChI is InChI=1S/C21H28N4O3/c1-27-18-5-7-19(8-6-18)28-17-11-23-21(26)9-12-24-13-15-25(16-14-24)20-4-2-3-10-22-20/h2-8,10H,9,11-17H2,1H3,(H,23,26). The van der Waals surface area contributed by atoms with Crippen LogP contribution in [0, 0.1) is 0 Å². The quantitative estimate of drug-likeness (QED) is 0.665. The van der Waals surface area contributed by atoms with Gasteiger partial charge < -0.3 is 19.7 Å². The number of ether oxygens (including phenoxy) is 2. The molecule has 1 saturated heterocycles. The SMILES string of the molecule is COc1ccc(OCCNC(=O)CCN2CCN(c3ccccn3)CC2)cc1. The van der Waals surface area contributed by atoms with Gasteiger partial charge in [-0.15, -0.1) is 0 Å². The molecule has 28 heavy (non-hydrogen) atoms. The smallest absolute Gasteiger partial charge is 0.221 e. The maximum Gasteiger partial charge on any atom is 0.221 e. The number of nitrogens with one attached hydrogen (secondary N) is 1. The van der Waals surface area contributed by atoms with E-state index in [1.54, 1.807) is 7.11 Å². The average Bonchev–Trinajstić information content (AvgIpc) is 2.76. The van der Waals surface area contributed by atoms with Crippen molar-refractivity contribution in [2.24, 2.45) is 0 Å². The molecular weight excluding hydrogens is 356 g/mol. The molecule has 1 aromatic carbocycles. The van der Waals surface area contributed by atoms with Gasteiger partial charge in [-0.2, -0.15) is 0 Å². The minimum atomic E-state index is 0.0606. The van der Waals surface area contributed by atoms with Gasteiger partial charge in [0.1, 0.15) is 23.9 Å². The van der Waals surface area contributed by atoms with E-state index in [0.717, 1.165) is 50.0 Å². The fraction of sp³-hybridized carbons (Fsp3) is 0.429. The molecule has 0 spiro atoms. The fourth-order valence-electron chi connectivity index (χ4n) is 3.12. The second-order valence-corrected chi connectivity index (χ2v) is 6.64. The maximum absolute atomic E-state index is 12.0. The van der Waals surface area contributed by atoms with E-state index in [0.29, 0.717) is 19.6 Å². The van der Waals surface area contributed by atoms with E-state index in [9.17, 15) is 4.79 Å². The molecule has 0 radical (unpaired) electrons. The molecular formula is C21H28N4O3. The van der Waals surface area contributed by atoms with Gasteiger partial charge in [0.2, 0.25) is 5.91 Å². The van der Waals surface area contributed by atoms with Crippen LogP contribution in [0.4, 0.5) is 5.82 Å². The van der Waals surface area contributed by atoms with Gasteiger partial charge in [-0.05, 0) is 36.4 Å². The summed E-state index contributed by atoms with van der Waals surface area (Å²) >= 11 is 0. The second-order valence-electron chi connectivity index (χ2n) is 6.64. The van der Waals surface area contributed by atoms with Gasteiger partial charge in [0.05, 0.1) is 13.7 Å². The minimum absolute atomic E-state index is 0.0606. The normalized spacial score (nSPS) is 14.5. The van der Waals surface area contributed by atoms with Crippen molar-refractivity contribution in [1.82, 2.24) is 15.2 Å². The predicted molar refractivity (Wildman–Crippen MR) is 109 cm³/mol. The molecule has 7 nitrogen and oxygen atoms in total. The topological polar surface area (TPSA) is 66.9 Å². The van der Waals surface area contributed by atoms with E-state index in [1.165, 1.54) is 0 Å². The van der Waals surface area contributed by atoms with Crippen molar-refractivity contribution in [1.29, 1.82) is 0 Å². The van der Waals surface area contributed by atoms with Crippen LogP contribution in [0.3, 0.4) is 0 Å². The number of piperazine rings is 1. The van der Waals surface area contributed by atoms with E-state index in [-0.39, 0.29) is 5.91 Å². The molecule has 0 bridgehead atoms. The lowest BCUT2D eigenvalue weighted by Gasteiger charge is -2.35. The molecule has 2 aromatic rings. The lowest BCUT2D eigenvalue weighted by atomic mass is 10.2. The first-order chi connectivity index (χ1) is 13.7.